The number of fused-ring (bicyclic) bond motifs is 2. The van der Waals surface area contributed by atoms with Crippen LogP contribution in [0.25, 0.3) is 22.2 Å². The molecule has 7 nitrogen and oxygen atoms in total. The summed E-state index contributed by atoms with van der Waals surface area (Å²) in [7, 11) is -4.01. The lowest BCUT2D eigenvalue weighted by molar-refractivity contribution is 0.597. The van der Waals surface area contributed by atoms with Gasteiger partial charge in [-0.2, -0.15) is 9.78 Å². The number of hydrogen-bond acceptors (Lipinski definition) is 6. The van der Waals surface area contributed by atoms with Gasteiger partial charge in [0.05, 0.1) is 22.1 Å². The first-order chi connectivity index (χ1) is 16.3. The summed E-state index contributed by atoms with van der Waals surface area (Å²) >= 11 is 5.97. The third kappa shape index (κ3) is 3.70. The molecule has 0 fully saturated rings. The molecule has 2 aromatic heterocycles. The van der Waals surface area contributed by atoms with E-state index in [9.17, 15) is 8.42 Å². The van der Waals surface area contributed by atoms with Crippen molar-refractivity contribution >= 4 is 55.7 Å². The van der Waals surface area contributed by atoms with Crippen LogP contribution in [0.1, 0.15) is 16.7 Å². The molecule has 0 saturated heterocycles. The van der Waals surface area contributed by atoms with Gasteiger partial charge in [-0.1, -0.05) is 41.9 Å². The van der Waals surface area contributed by atoms with Crippen molar-refractivity contribution in [1.82, 2.24) is 14.6 Å². The van der Waals surface area contributed by atoms with Crippen LogP contribution >= 0.6 is 11.6 Å². The van der Waals surface area contributed by atoms with E-state index in [1.807, 2.05) is 26.0 Å². The molecule has 170 valence electrons. The number of rotatable bonds is 4. The molecule has 0 radical (unpaired) electrons. The molecule has 5 aromatic rings. The van der Waals surface area contributed by atoms with Crippen molar-refractivity contribution in [2.75, 3.05) is 5.73 Å². The maximum atomic E-state index is 13.8. The highest BCUT2D eigenvalue weighted by Crippen LogP contribution is 2.35. The van der Waals surface area contributed by atoms with Gasteiger partial charge in [0.1, 0.15) is 16.2 Å². The number of benzene rings is 3. The van der Waals surface area contributed by atoms with E-state index in [0.717, 1.165) is 16.7 Å². The molecule has 0 unspecified atom stereocenters. The van der Waals surface area contributed by atoms with Crippen LogP contribution in [-0.4, -0.2) is 29.3 Å². The van der Waals surface area contributed by atoms with E-state index >= 15 is 0 Å². The zero-order chi connectivity index (χ0) is 24.0. The molecule has 0 aliphatic rings. The van der Waals surface area contributed by atoms with Crippen molar-refractivity contribution in [3.05, 3.63) is 88.4 Å². The van der Waals surface area contributed by atoms with Crippen molar-refractivity contribution in [3.8, 4) is 0 Å². The van der Waals surface area contributed by atoms with Gasteiger partial charge in [-0.05, 0) is 66.9 Å². The van der Waals surface area contributed by atoms with Gasteiger partial charge in [0.25, 0.3) is 0 Å². The molecule has 0 bridgehead atoms. The first-order valence-corrected chi connectivity index (χ1v) is 12.3. The first-order valence-electron chi connectivity index (χ1n) is 10.4. The molecule has 0 atom stereocenters. The van der Waals surface area contributed by atoms with Crippen LogP contribution in [0.3, 0.4) is 0 Å². The van der Waals surface area contributed by atoms with Gasteiger partial charge in [-0.3, -0.25) is 0 Å². The number of nitrogens with two attached hydrogens (primary N) is 1. The normalized spacial score (nSPS) is 12.2. The fourth-order valence-corrected chi connectivity index (χ4v) is 5.37. The number of aromatic nitrogens is 3. The average Bonchev–Trinajstić information content (AvgIpc) is 3.09. The Labute approximate surface area is 201 Å². The summed E-state index contributed by atoms with van der Waals surface area (Å²) in [4.78, 5) is 9.29. The largest absolute Gasteiger partial charge is 0.382 e. The summed E-state index contributed by atoms with van der Waals surface area (Å²) < 4.78 is 28.8. The van der Waals surface area contributed by atoms with Crippen LogP contribution in [0, 0.1) is 13.8 Å². The smallest absolute Gasteiger partial charge is 0.212 e. The van der Waals surface area contributed by atoms with Gasteiger partial charge in [-0.15, -0.1) is 0 Å². The van der Waals surface area contributed by atoms with Crippen molar-refractivity contribution in [3.63, 3.8) is 0 Å². The number of sulfone groups is 1. The molecule has 9 heteroatoms. The summed E-state index contributed by atoms with van der Waals surface area (Å²) in [5.41, 5.74) is 10.6. The van der Waals surface area contributed by atoms with Gasteiger partial charge in [0.2, 0.25) is 9.84 Å². The van der Waals surface area contributed by atoms with E-state index in [0.29, 0.717) is 16.1 Å². The SMILES string of the molecule is Cc1ccc(S(=O)(=O)c2c(N)n(/N=C/c3ccc(Cl)cc3)c3nc4ccccc4nc23)cc1C. The zero-order valence-corrected chi connectivity index (χ0v) is 20.0. The summed E-state index contributed by atoms with van der Waals surface area (Å²) in [5, 5.41) is 5.06. The molecule has 0 amide bonds. The van der Waals surface area contributed by atoms with Gasteiger partial charge in [0, 0.05) is 5.02 Å². The van der Waals surface area contributed by atoms with Crippen molar-refractivity contribution in [1.29, 1.82) is 0 Å². The summed E-state index contributed by atoms with van der Waals surface area (Å²) in [6.45, 7) is 3.79. The number of halogens is 1. The van der Waals surface area contributed by atoms with Crippen LogP contribution in [0.2, 0.25) is 5.02 Å². The van der Waals surface area contributed by atoms with Crippen LogP contribution in [0.15, 0.2) is 81.6 Å². The number of hydrogen-bond donors (Lipinski definition) is 1. The molecule has 2 heterocycles. The molecule has 5 rings (SSSR count). The molecule has 0 aliphatic heterocycles. The Bertz CT molecular complexity index is 1710. The lowest BCUT2D eigenvalue weighted by atomic mass is 10.1. The molecule has 0 spiro atoms. The second-order valence-corrected chi connectivity index (χ2v) is 10.3. The number of para-hydroxylation sites is 2. The van der Waals surface area contributed by atoms with Crippen molar-refractivity contribution in [2.24, 2.45) is 5.10 Å². The predicted molar refractivity (Wildman–Crippen MR) is 135 cm³/mol. The Kier molecular flexibility index (Phi) is 5.34. The van der Waals surface area contributed by atoms with Gasteiger partial charge in [0.15, 0.2) is 5.65 Å². The lowest BCUT2D eigenvalue weighted by Gasteiger charge is -2.07. The van der Waals surface area contributed by atoms with E-state index in [-0.39, 0.29) is 26.8 Å². The third-order valence-electron chi connectivity index (χ3n) is 5.68. The molecule has 2 N–H and O–H groups in total. The Morgan fingerprint density at radius 1 is 0.941 bits per heavy atom. The quantitative estimate of drug-likeness (QED) is 0.351. The van der Waals surface area contributed by atoms with Gasteiger partial charge < -0.3 is 5.73 Å². The van der Waals surface area contributed by atoms with Crippen molar-refractivity contribution in [2.45, 2.75) is 23.6 Å². The van der Waals surface area contributed by atoms with Crippen LogP contribution in [0.4, 0.5) is 5.82 Å². The molecule has 34 heavy (non-hydrogen) atoms. The fourth-order valence-electron chi connectivity index (χ4n) is 3.68. The molecular weight excluding hydrogens is 470 g/mol. The summed E-state index contributed by atoms with van der Waals surface area (Å²) in [6.07, 6.45) is 1.56. The van der Waals surface area contributed by atoms with E-state index in [1.54, 1.807) is 60.8 Å². The molecule has 0 saturated carbocycles. The Morgan fingerprint density at radius 2 is 1.62 bits per heavy atom. The molecule has 0 aliphatic carbocycles. The number of nitrogens with zero attached hydrogens (tertiary/aromatic N) is 4. The first kappa shape index (κ1) is 22.1. The van der Waals surface area contributed by atoms with Crippen LogP contribution in [0.5, 0.6) is 0 Å². The highest BCUT2D eigenvalue weighted by atomic mass is 35.5. The summed E-state index contributed by atoms with van der Waals surface area (Å²) in [5.74, 6) is -0.0613. The van der Waals surface area contributed by atoms with E-state index in [2.05, 4.69) is 15.1 Å². The van der Waals surface area contributed by atoms with E-state index < -0.39 is 9.84 Å². The Balaban J connectivity index is 1.79. The topological polar surface area (TPSA) is 103 Å². The second kappa shape index (κ2) is 8.23. The van der Waals surface area contributed by atoms with E-state index in [4.69, 9.17) is 17.3 Å². The highest BCUT2D eigenvalue weighted by molar-refractivity contribution is 7.92. The number of nitrogen functional groups attached to an aromatic ring is 1. The Hall–Kier alpha value is -3.75. The average molecular weight is 490 g/mol. The van der Waals surface area contributed by atoms with Gasteiger partial charge >= 0.3 is 0 Å². The second-order valence-electron chi connectivity index (χ2n) is 7.96. The van der Waals surface area contributed by atoms with Gasteiger partial charge in [-0.25, -0.2) is 18.4 Å². The van der Waals surface area contributed by atoms with Crippen LogP contribution in [-0.2, 0) is 9.84 Å². The minimum atomic E-state index is -4.01. The monoisotopic (exact) mass is 489 g/mol. The molecular formula is C25H20ClN5O2S. The number of anilines is 1. The fraction of sp³-hybridized carbons (Fsp3) is 0.0800. The van der Waals surface area contributed by atoms with E-state index in [1.165, 1.54) is 4.68 Å². The highest BCUT2D eigenvalue weighted by Gasteiger charge is 2.30. The number of aryl methyl sites for hydroxylation is 2. The maximum Gasteiger partial charge on any atom is 0.212 e. The summed E-state index contributed by atoms with van der Waals surface area (Å²) in [6, 6.07) is 19.3. The minimum absolute atomic E-state index is 0.0613. The maximum absolute atomic E-state index is 13.8. The minimum Gasteiger partial charge on any atom is -0.382 e. The molecule has 3 aromatic carbocycles. The zero-order valence-electron chi connectivity index (χ0n) is 18.4. The third-order valence-corrected chi connectivity index (χ3v) is 7.74. The predicted octanol–water partition coefficient (Wildman–Crippen LogP) is 5.15. The Morgan fingerprint density at radius 3 is 2.29 bits per heavy atom. The van der Waals surface area contributed by atoms with Crippen LogP contribution < -0.4 is 5.73 Å². The van der Waals surface area contributed by atoms with Crippen molar-refractivity contribution < 1.29 is 8.42 Å². The standard InChI is InChI=1S/C25H20ClN5O2S/c1-15-7-12-19(13-16(15)2)34(32,33)23-22-25(30-21-6-4-3-5-20(21)29-22)31(24(23)27)28-14-17-8-10-18(26)11-9-17/h3-14H,27H2,1-2H3/b28-14+. The lowest BCUT2D eigenvalue weighted by Crippen LogP contribution is -2.07.